The lowest BCUT2D eigenvalue weighted by atomic mass is 10.0. The number of amides is 1. The number of aliphatic hydroxyl groups is 1. The van der Waals surface area contributed by atoms with Crippen LogP contribution in [-0.4, -0.2) is 30.2 Å². The Bertz CT molecular complexity index is 525. The van der Waals surface area contributed by atoms with Gasteiger partial charge in [-0.05, 0) is 38.0 Å². The topological polar surface area (TPSA) is 52.6 Å². The molecule has 1 aliphatic heterocycles. The number of piperidine rings is 1. The summed E-state index contributed by atoms with van der Waals surface area (Å²) in [7, 11) is 0. The first-order chi connectivity index (χ1) is 10.4. The summed E-state index contributed by atoms with van der Waals surface area (Å²) in [6.45, 7) is 7.02. The number of benzene rings is 1. The fourth-order valence-corrected chi connectivity index (χ4v) is 2.72. The molecule has 0 aliphatic carbocycles. The summed E-state index contributed by atoms with van der Waals surface area (Å²) >= 11 is 0. The molecule has 22 heavy (non-hydrogen) atoms. The number of halogens is 1. The van der Waals surface area contributed by atoms with Crippen molar-refractivity contribution in [1.29, 1.82) is 0 Å². The van der Waals surface area contributed by atoms with Gasteiger partial charge >= 0.3 is 0 Å². The molecule has 1 amide bonds. The predicted octanol–water partition coefficient (Wildman–Crippen LogP) is 2.62. The molecule has 1 unspecified atom stereocenters. The van der Waals surface area contributed by atoms with Crippen molar-refractivity contribution in [3.05, 3.63) is 29.6 Å². The van der Waals surface area contributed by atoms with E-state index in [1.807, 2.05) is 20.8 Å². The van der Waals surface area contributed by atoms with Gasteiger partial charge in [0.25, 0.3) is 0 Å². The van der Waals surface area contributed by atoms with E-state index in [1.165, 1.54) is 12.1 Å². The SMILES string of the molecule is CC(C)C(=O)NC(C)c1cc(F)ccc1N1CCC(O)CC1. The normalized spacial score (nSPS) is 17.6. The van der Waals surface area contributed by atoms with Crippen LogP contribution in [0.2, 0.25) is 0 Å². The number of nitrogens with zero attached hydrogens (tertiary/aromatic N) is 1. The molecule has 0 bridgehead atoms. The highest BCUT2D eigenvalue weighted by molar-refractivity contribution is 5.78. The van der Waals surface area contributed by atoms with Crippen LogP contribution in [0.4, 0.5) is 10.1 Å². The summed E-state index contributed by atoms with van der Waals surface area (Å²) in [5, 5.41) is 12.6. The van der Waals surface area contributed by atoms with Crippen molar-refractivity contribution in [1.82, 2.24) is 5.32 Å². The van der Waals surface area contributed by atoms with Gasteiger partial charge < -0.3 is 15.3 Å². The van der Waals surface area contributed by atoms with Crippen LogP contribution in [-0.2, 0) is 4.79 Å². The lowest BCUT2D eigenvalue weighted by molar-refractivity contribution is -0.124. The molecule has 1 saturated heterocycles. The van der Waals surface area contributed by atoms with Crippen LogP contribution in [0, 0.1) is 11.7 Å². The Hall–Kier alpha value is -1.62. The highest BCUT2D eigenvalue weighted by Gasteiger charge is 2.22. The van der Waals surface area contributed by atoms with Gasteiger partial charge in [-0.25, -0.2) is 4.39 Å². The molecular weight excluding hydrogens is 283 g/mol. The van der Waals surface area contributed by atoms with Crippen LogP contribution in [0.1, 0.15) is 45.2 Å². The number of nitrogens with one attached hydrogen (secondary N) is 1. The molecule has 5 heteroatoms. The van der Waals surface area contributed by atoms with Crippen LogP contribution in [0.25, 0.3) is 0 Å². The number of rotatable bonds is 4. The van der Waals surface area contributed by atoms with Gasteiger partial charge in [0.15, 0.2) is 0 Å². The number of carbonyl (C=O) groups is 1. The van der Waals surface area contributed by atoms with Crippen molar-refractivity contribution in [2.45, 2.75) is 45.8 Å². The van der Waals surface area contributed by atoms with Gasteiger partial charge in [0.05, 0.1) is 12.1 Å². The average molecular weight is 308 g/mol. The number of aliphatic hydroxyl groups excluding tert-OH is 1. The van der Waals surface area contributed by atoms with Crippen molar-refractivity contribution in [2.24, 2.45) is 5.92 Å². The molecule has 1 fully saturated rings. The third-order valence-electron chi connectivity index (χ3n) is 4.14. The minimum atomic E-state index is -0.304. The molecule has 0 aromatic heterocycles. The van der Waals surface area contributed by atoms with E-state index in [1.54, 1.807) is 6.07 Å². The second-order valence-electron chi connectivity index (χ2n) is 6.31. The molecule has 2 rings (SSSR count). The molecule has 0 saturated carbocycles. The first-order valence-corrected chi connectivity index (χ1v) is 7.91. The molecule has 122 valence electrons. The molecule has 1 aromatic carbocycles. The van der Waals surface area contributed by atoms with Crippen molar-refractivity contribution in [3.8, 4) is 0 Å². The molecule has 0 spiro atoms. The summed E-state index contributed by atoms with van der Waals surface area (Å²) in [6, 6.07) is 4.44. The highest BCUT2D eigenvalue weighted by atomic mass is 19.1. The molecule has 0 radical (unpaired) electrons. The van der Waals surface area contributed by atoms with E-state index < -0.39 is 0 Å². The third kappa shape index (κ3) is 3.97. The minimum absolute atomic E-state index is 0.0447. The van der Waals surface area contributed by atoms with Crippen LogP contribution in [0.5, 0.6) is 0 Å². The maximum absolute atomic E-state index is 13.7. The fourth-order valence-electron chi connectivity index (χ4n) is 2.72. The lowest BCUT2D eigenvalue weighted by Gasteiger charge is -2.34. The Labute approximate surface area is 131 Å². The lowest BCUT2D eigenvalue weighted by Crippen LogP contribution is -2.37. The molecular formula is C17H25FN2O2. The van der Waals surface area contributed by atoms with Crippen molar-refractivity contribution in [2.75, 3.05) is 18.0 Å². The van der Waals surface area contributed by atoms with E-state index >= 15 is 0 Å². The average Bonchev–Trinajstić information content (AvgIpc) is 2.48. The van der Waals surface area contributed by atoms with Crippen LogP contribution in [0.3, 0.4) is 0 Å². The number of anilines is 1. The smallest absolute Gasteiger partial charge is 0.223 e. The quantitative estimate of drug-likeness (QED) is 0.899. The number of carbonyl (C=O) groups excluding carboxylic acids is 1. The molecule has 1 aliphatic rings. The van der Waals surface area contributed by atoms with E-state index in [2.05, 4.69) is 10.2 Å². The van der Waals surface area contributed by atoms with E-state index in [0.29, 0.717) is 12.8 Å². The maximum atomic E-state index is 13.7. The van der Waals surface area contributed by atoms with Gasteiger partial charge in [-0.2, -0.15) is 0 Å². The van der Waals surface area contributed by atoms with Gasteiger partial charge in [-0.3, -0.25) is 4.79 Å². The Balaban J connectivity index is 2.22. The zero-order valence-electron chi connectivity index (χ0n) is 13.5. The zero-order valence-corrected chi connectivity index (χ0v) is 13.5. The van der Waals surface area contributed by atoms with Crippen LogP contribution >= 0.6 is 0 Å². The summed E-state index contributed by atoms with van der Waals surface area (Å²) in [5.74, 6) is -0.456. The Morgan fingerprint density at radius 3 is 2.55 bits per heavy atom. The minimum Gasteiger partial charge on any atom is -0.393 e. The summed E-state index contributed by atoms with van der Waals surface area (Å²) < 4.78 is 13.7. The van der Waals surface area contributed by atoms with Crippen molar-refractivity contribution in [3.63, 3.8) is 0 Å². The standard InChI is InChI=1S/C17H25FN2O2/c1-11(2)17(22)19-12(3)15-10-13(18)4-5-16(15)20-8-6-14(21)7-9-20/h4-5,10-12,14,21H,6-9H2,1-3H3,(H,19,22). The monoisotopic (exact) mass is 308 g/mol. The Morgan fingerprint density at radius 1 is 1.32 bits per heavy atom. The largest absolute Gasteiger partial charge is 0.393 e. The molecule has 1 aromatic rings. The molecule has 1 atom stereocenters. The molecule has 2 N–H and O–H groups in total. The van der Waals surface area contributed by atoms with E-state index in [-0.39, 0.29) is 29.8 Å². The molecule has 1 heterocycles. The second kappa shape index (κ2) is 7.09. The summed E-state index contributed by atoms with van der Waals surface area (Å²) in [6.07, 6.45) is 1.17. The van der Waals surface area contributed by atoms with Crippen LogP contribution < -0.4 is 10.2 Å². The first-order valence-electron chi connectivity index (χ1n) is 7.91. The molecule has 4 nitrogen and oxygen atoms in total. The Morgan fingerprint density at radius 2 is 1.95 bits per heavy atom. The van der Waals surface area contributed by atoms with Gasteiger partial charge in [-0.15, -0.1) is 0 Å². The van der Waals surface area contributed by atoms with Gasteiger partial charge in [0.2, 0.25) is 5.91 Å². The van der Waals surface area contributed by atoms with Gasteiger partial charge in [-0.1, -0.05) is 13.8 Å². The summed E-state index contributed by atoms with van der Waals surface area (Å²) in [5.41, 5.74) is 1.72. The summed E-state index contributed by atoms with van der Waals surface area (Å²) in [4.78, 5) is 14.0. The Kier molecular flexibility index (Phi) is 5.40. The van der Waals surface area contributed by atoms with Gasteiger partial charge in [0, 0.05) is 30.3 Å². The maximum Gasteiger partial charge on any atom is 0.223 e. The highest BCUT2D eigenvalue weighted by Crippen LogP contribution is 2.29. The van der Waals surface area contributed by atoms with E-state index in [0.717, 1.165) is 24.3 Å². The van der Waals surface area contributed by atoms with E-state index in [4.69, 9.17) is 0 Å². The first kappa shape index (κ1) is 16.7. The predicted molar refractivity (Wildman–Crippen MR) is 85.2 cm³/mol. The van der Waals surface area contributed by atoms with Crippen molar-refractivity contribution < 1.29 is 14.3 Å². The van der Waals surface area contributed by atoms with Crippen molar-refractivity contribution >= 4 is 11.6 Å². The zero-order chi connectivity index (χ0) is 16.3. The fraction of sp³-hybridized carbons (Fsp3) is 0.588. The number of hydrogen-bond acceptors (Lipinski definition) is 3. The third-order valence-corrected chi connectivity index (χ3v) is 4.14. The number of hydrogen-bond donors (Lipinski definition) is 2. The van der Waals surface area contributed by atoms with Gasteiger partial charge in [0.1, 0.15) is 5.82 Å². The second-order valence-corrected chi connectivity index (χ2v) is 6.31. The van der Waals surface area contributed by atoms with Crippen LogP contribution in [0.15, 0.2) is 18.2 Å². The van der Waals surface area contributed by atoms with E-state index in [9.17, 15) is 14.3 Å².